The first-order chi connectivity index (χ1) is 12.3. The number of ether oxygens (including phenoxy) is 3. The van der Waals surface area contributed by atoms with E-state index >= 15 is 0 Å². The average Bonchev–Trinajstić information content (AvgIpc) is 2.59. The predicted molar refractivity (Wildman–Crippen MR) is 103 cm³/mol. The molecular weight excluding hydrogens is 352 g/mol. The van der Waals surface area contributed by atoms with Crippen molar-refractivity contribution in [2.45, 2.75) is 39.4 Å². The fourth-order valence-electron chi connectivity index (χ4n) is 2.26. The van der Waals surface area contributed by atoms with Gasteiger partial charge in [0.2, 0.25) is 0 Å². The number of carbonyl (C=O) groups excluding carboxylic acids is 1. The zero-order valence-corrected chi connectivity index (χ0v) is 16.4. The van der Waals surface area contributed by atoms with E-state index in [1.54, 1.807) is 48.5 Å². The summed E-state index contributed by atoms with van der Waals surface area (Å²) in [6, 6.07) is 13.9. The summed E-state index contributed by atoms with van der Waals surface area (Å²) in [5, 5.41) is 0.605. The van der Waals surface area contributed by atoms with Gasteiger partial charge in [0.1, 0.15) is 18.1 Å². The highest BCUT2D eigenvalue weighted by molar-refractivity contribution is 6.30. The molecule has 4 nitrogen and oxygen atoms in total. The molecule has 0 amide bonds. The molecule has 0 saturated carbocycles. The fourth-order valence-corrected chi connectivity index (χ4v) is 2.39. The molecule has 140 valence electrons. The lowest BCUT2D eigenvalue weighted by molar-refractivity contribution is -0.110. The molecule has 0 heterocycles. The smallest absolute Gasteiger partial charge is 0.193 e. The van der Waals surface area contributed by atoms with Crippen LogP contribution in [0.15, 0.2) is 48.5 Å². The highest BCUT2D eigenvalue weighted by Crippen LogP contribution is 2.21. The largest absolute Gasteiger partial charge is 0.485 e. The van der Waals surface area contributed by atoms with Crippen LogP contribution in [-0.4, -0.2) is 30.9 Å². The topological polar surface area (TPSA) is 44.8 Å². The molecule has 0 radical (unpaired) electrons. The number of rotatable bonds is 9. The van der Waals surface area contributed by atoms with E-state index in [4.69, 9.17) is 25.8 Å². The minimum atomic E-state index is -0.512. The molecule has 0 aliphatic rings. The van der Waals surface area contributed by atoms with Crippen LogP contribution in [0.3, 0.4) is 0 Å². The van der Waals surface area contributed by atoms with Crippen LogP contribution < -0.4 is 4.74 Å². The monoisotopic (exact) mass is 376 g/mol. The number of ketones is 1. The van der Waals surface area contributed by atoms with Crippen LogP contribution in [0.1, 0.15) is 43.6 Å². The molecule has 0 atom stereocenters. The van der Waals surface area contributed by atoms with Gasteiger partial charge in [-0.1, -0.05) is 11.6 Å². The van der Waals surface area contributed by atoms with Gasteiger partial charge in [-0.15, -0.1) is 0 Å². The van der Waals surface area contributed by atoms with Crippen molar-refractivity contribution in [3.63, 3.8) is 0 Å². The molecule has 0 saturated heterocycles. The Kier molecular flexibility index (Phi) is 7.21. The maximum atomic E-state index is 12.5. The number of benzene rings is 2. The Bertz CT molecular complexity index is 706. The highest BCUT2D eigenvalue weighted by Gasteiger charge is 2.20. The van der Waals surface area contributed by atoms with Crippen molar-refractivity contribution < 1.29 is 19.0 Å². The predicted octanol–water partition coefficient (Wildman–Crippen LogP) is 5.13. The van der Waals surface area contributed by atoms with Crippen molar-refractivity contribution in [2.75, 3.05) is 13.4 Å². The van der Waals surface area contributed by atoms with Crippen molar-refractivity contribution in [2.24, 2.45) is 0 Å². The summed E-state index contributed by atoms with van der Waals surface area (Å²) < 4.78 is 16.8. The molecule has 26 heavy (non-hydrogen) atoms. The van der Waals surface area contributed by atoms with E-state index in [1.165, 1.54) is 0 Å². The zero-order chi connectivity index (χ0) is 19.2. The molecule has 2 rings (SSSR count). The molecule has 0 fully saturated rings. The molecule has 0 aromatic heterocycles. The van der Waals surface area contributed by atoms with Gasteiger partial charge in [0.15, 0.2) is 5.78 Å². The summed E-state index contributed by atoms with van der Waals surface area (Å²) in [6.45, 7) is 8.42. The van der Waals surface area contributed by atoms with E-state index in [2.05, 4.69) is 0 Å². The van der Waals surface area contributed by atoms with Gasteiger partial charge in [-0.3, -0.25) is 4.79 Å². The first-order valence-electron chi connectivity index (χ1n) is 8.55. The van der Waals surface area contributed by atoms with Crippen molar-refractivity contribution in [3.05, 3.63) is 64.7 Å². The third-order valence-electron chi connectivity index (χ3n) is 3.55. The van der Waals surface area contributed by atoms with Gasteiger partial charge < -0.3 is 14.2 Å². The Morgan fingerprint density at radius 1 is 1.00 bits per heavy atom. The lowest BCUT2D eigenvalue weighted by Gasteiger charge is -2.26. The third kappa shape index (κ3) is 6.45. The second kappa shape index (κ2) is 9.17. The summed E-state index contributed by atoms with van der Waals surface area (Å²) in [6.07, 6.45) is 0.129. The summed E-state index contributed by atoms with van der Waals surface area (Å²) in [5.74, 6) is 0.623. The van der Waals surface area contributed by atoms with E-state index in [-0.39, 0.29) is 18.7 Å². The van der Waals surface area contributed by atoms with Crippen LogP contribution in [0.4, 0.5) is 0 Å². The molecule has 0 bridgehead atoms. The van der Waals surface area contributed by atoms with Gasteiger partial charge >= 0.3 is 0 Å². The third-order valence-corrected chi connectivity index (χ3v) is 3.80. The maximum absolute atomic E-state index is 12.5. The summed E-state index contributed by atoms with van der Waals surface area (Å²) in [7, 11) is 0. The van der Waals surface area contributed by atoms with Crippen LogP contribution in [0.25, 0.3) is 0 Å². The molecule has 0 N–H and O–H groups in total. The van der Waals surface area contributed by atoms with Gasteiger partial charge in [-0.25, -0.2) is 0 Å². The van der Waals surface area contributed by atoms with Crippen molar-refractivity contribution in [3.8, 4) is 5.75 Å². The van der Waals surface area contributed by atoms with Gasteiger partial charge in [-0.05, 0) is 76.2 Å². The summed E-state index contributed by atoms with van der Waals surface area (Å²) in [4.78, 5) is 12.5. The molecule has 2 aromatic rings. The van der Waals surface area contributed by atoms with Crippen LogP contribution in [0.5, 0.6) is 5.75 Å². The molecule has 0 unspecified atom stereocenters. The second-order valence-electron chi connectivity index (χ2n) is 6.90. The lowest BCUT2D eigenvalue weighted by atomic mass is 10.0. The Hall–Kier alpha value is -1.88. The van der Waals surface area contributed by atoms with Gasteiger partial charge in [0.05, 0.1) is 12.7 Å². The van der Waals surface area contributed by atoms with Gasteiger partial charge in [-0.2, -0.15) is 0 Å². The molecule has 0 aliphatic heterocycles. The van der Waals surface area contributed by atoms with E-state index in [1.807, 2.05) is 27.7 Å². The Labute approximate surface area is 160 Å². The van der Waals surface area contributed by atoms with E-state index in [0.717, 1.165) is 0 Å². The first-order valence-corrected chi connectivity index (χ1v) is 8.93. The number of hydrogen-bond acceptors (Lipinski definition) is 4. The highest BCUT2D eigenvalue weighted by atomic mass is 35.5. The Morgan fingerprint density at radius 3 is 2.08 bits per heavy atom. The number of carbonyl (C=O) groups is 1. The van der Waals surface area contributed by atoms with Crippen LogP contribution in [0.2, 0.25) is 5.02 Å². The van der Waals surface area contributed by atoms with Gasteiger partial charge in [0.25, 0.3) is 0 Å². The minimum absolute atomic E-state index is 0.0540. The Balaban J connectivity index is 1.93. The van der Waals surface area contributed by atoms with Crippen LogP contribution in [-0.2, 0) is 9.47 Å². The first kappa shape index (κ1) is 20.4. The zero-order valence-electron chi connectivity index (χ0n) is 15.6. The standard InChI is InChI=1S/C21H25ClO4/c1-15(2)25-14-24-13-21(3,4)26-19-11-7-17(8-12-19)20(23)16-5-9-18(22)10-6-16/h5-12,15H,13-14H2,1-4H3. The van der Waals surface area contributed by atoms with E-state index in [9.17, 15) is 4.79 Å². The van der Waals surface area contributed by atoms with Crippen molar-refractivity contribution in [1.29, 1.82) is 0 Å². The minimum Gasteiger partial charge on any atom is -0.485 e. The molecular formula is C21H25ClO4. The van der Waals surface area contributed by atoms with Gasteiger partial charge in [0, 0.05) is 16.1 Å². The molecule has 0 spiro atoms. The SMILES string of the molecule is CC(C)OCOCC(C)(C)Oc1ccc(C(=O)c2ccc(Cl)cc2)cc1. The average molecular weight is 377 g/mol. The van der Waals surface area contributed by atoms with Crippen LogP contribution >= 0.6 is 11.6 Å². The van der Waals surface area contributed by atoms with E-state index < -0.39 is 5.60 Å². The quantitative estimate of drug-likeness (QED) is 0.346. The maximum Gasteiger partial charge on any atom is 0.193 e. The normalized spacial score (nSPS) is 11.6. The van der Waals surface area contributed by atoms with Crippen molar-refractivity contribution in [1.82, 2.24) is 0 Å². The van der Waals surface area contributed by atoms with Crippen LogP contribution in [0, 0.1) is 0 Å². The fraction of sp³-hybridized carbons (Fsp3) is 0.381. The summed E-state index contributed by atoms with van der Waals surface area (Å²) >= 11 is 5.86. The second-order valence-corrected chi connectivity index (χ2v) is 7.34. The molecule has 5 heteroatoms. The lowest BCUT2D eigenvalue weighted by Crippen LogP contribution is -2.34. The summed E-state index contributed by atoms with van der Waals surface area (Å²) in [5.41, 5.74) is 0.684. The van der Waals surface area contributed by atoms with Crippen molar-refractivity contribution >= 4 is 17.4 Å². The molecule has 2 aromatic carbocycles. The molecule has 0 aliphatic carbocycles. The Morgan fingerprint density at radius 2 is 1.54 bits per heavy atom. The van der Waals surface area contributed by atoms with E-state index in [0.29, 0.717) is 28.5 Å². The number of hydrogen-bond donors (Lipinski definition) is 0. The number of halogens is 1.